The molecule has 1 heterocycles. The van der Waals surface area contributed by atoms with Crippen molar-refractivity contribution in [3.63, 3.8) is 0 Å². The van der Waals surface area contributed by atoms with E-state index in [0.717, 1.165) is 5.69 Å². The van der Waals surface area contributed by atoms with Gasteiger partial charge in [-0.05, 0) is 36.5 Å². The van der Waals surface area contributed by atoms with E-state index < -0.39 is 0 Å². The van der Waals surface area contributed by atoms with Crippen LogP contribution in [0.4, 0.5) is 5.69 Å². The summed E-state index contributed by atoms with van der Waals surface area (Å²) in [5, 5.41) is 0. The molecule has 2 aliphatic rings. The number of nitrogens with zero attached hydrogens (tertiary/aromatic N) is 1. The number of imide groups is 1. The molecule has 1 aliphatic heterocycles. The zero-order valence-electron chi connectivity index (χ0n) is 11.1. The lowest BCUT2D eigenvalue weighted by Gasteiger charge is -2.22. The van der Waals surface area contributed by atoms with Crippen LogP contribution < -0.4 is 4.90 Å². The molecule has 0 bridgehead atoms. The Hall–Kier alpha value is -1.64. The van der Waals surface area contributed by atoms with E-state index >= 15 is 0 Å². The number of hydrogen-bond donors (Lipinski definition) is 0. The first-order valence-corrected chi connectivity index (χ1v) is 7.21. The Kier molecular flexibility index (Phi) is 3.36. The molecule has 1 saturated carbocycles. The fraction of sp³-hybridized carbons (Fsp3) is 0.500. The maximum Gasteiger partial charge on any atom is 0.234 e. The molecule has 1 aliphatic carbocycles. The largest absolute Gasteiger partial charge is 0.274 e. The Balaban J connectivity index is 1.78. The Morgan fingerprint density at radius 2 is 1.42 bits per heavy atom. The summed E-state index contributed by atoms with van der Waals surface area (Å²) >= 11 is 0. The van der Waals surface area contributed by atoms with Crippen LogP contribution in [0.3, 0.4) is 0 Å². The van der Waals surface area contributed by atoms with Gasteiger partial charge in [0.2, 0.25) is 11.8 Å². The Labute approximate surface area is 113 Å². The van der Waals surface area contributed by atoms with Gasteiger partial charge in [0.1, 0.15) is 0 Å². The summed E-state index contributed by atoms with van der Waals surface area (Å²) in [4.78, 5) is 24.7. The highest BCUT2D eigenvalue weighted by atomic mass is 16.2. The van der Waals surface area contributed by atoms with E-state index in [2.05, 4.69) is 12.1 Å². The van der Waals surface area contributed by atoms with Gasteiger partial charge in [-0.1, -0.05) is 31.4 Å². The first kappa shape index (κ1) is 12.4. The van der Waals surface area contributed by atoms with Crippen molar-refractivity contribution in [3.8, 4) is 0 Å². The van der Waals surface area contributed by atoms with E-state index in [0.29, 0.717) is 18.8 Å². The molecule has 0 unspecified atom stereocenters. The number of rotatable bonds is 2. The number of benzene rings is 1. The molecule has 1 aromatic carbocycles. The van der Waals surface area contributed by atoms with E-state index in [1.807, 2.05) is 12.1 Å². The van der Waals surface area contributed by atoms with Crippen molar-refractivity contribution < 1.29 is 9.59 Å². The van der Waals surface area contributed by atoms with Gasteiger partial charge < -0.3 is 0 Å². The van der Waals surface area contributed by atoms with Crippen molar-refractivity contribution in [1.82, 2.24) is 0 Å². The maximum absolute atomic E-state index is 11.7. The fourth-order valence-electron chi connectivity index (χ4n) is 3.20. The lowest BCUT2D eigenvalue weighted by atomic mass is 9.84. The molecule has 3 rings (SSSR count). The van der Waals surface area contributed by atoms with Crippen LogP contribution in [0.2, 0.25) is 0 Å². The van der Waals surface area contributed by atoms with Crippen LogP contribution in [0.25, 0.3) is 0 Å². The van der Waals surface area contributed by atoms with Crippen LogP contribution in [-0.2, 0) is 9.59 Å². The fourth-order valence-corrected chi connectivity index (χ4v) is 3.20. The molecule has 0 N–H and O–H groups in total. The van der Waals surface area contributed by atoms with E-state index in [9.17, 15) is 9.59 Å². The minimum atomic E-state index is -0.0737. The second kappa shape index (κ2) is 5.16. The number of anilines is 1. The molecule has 0 atom stereocenters. The summed E-state index contributed by atoms with van der Waals surface area (Å²) in [5.41, 5.74) is 2.08. The van der Waals surface area contributed by atoms with Crippen molar-refractivity contribution in [2.24, 2.45) is 0 Å². The van der Waals surface area contributed by atoms with Crippen molar-refractivity contribution >= 4 is 17.5 Å². The highest BCUT2D eigenvalue weighted by Crippen LogP contribution is 2.33. The smallest absolute Gasteiger partial charge is 0.234 e. The van der Waals surface area contributed by atoms with E-state index in [1.165, 1.54) is 42.6 Å². The van der Waals surface area contributed by atoms with Gasteiger partial charge in [-0.2, -0.15) is 0 Å². The molecule has 19 heavy (non-hydrogen) atoms. The molecule has 1 saturated heterocycles. The van der Waals surface area contributed by atoms with Crippen LogP contribution >= 0.6 is 0 Å². The van der Waals surface area contributed by atoms with Crippen molar-refractivity contribution in [2.45, 2.75) is 50.9 Å². The number of hydrogen-bond acceptors (Lipinski definition) is 2. The average molecular weight is 257 g/mol. The maximum atomic E-state index is 11.7. The summed E-state index contributed by atoms with van der Waals surface area (Å²) in [6.45, 7) is 0. The van der Waals surface area contributed by atoms with E-state index in [4.69, 9.17) is 0 Å². The predicted octanol–water partition coefficient (Wildman–Crippen LogP) is 3.39. The molecule has 3 heteroatoms. The second-order valence-corrected chi connectivity index (χ2v) is 5.55. The molecule has 0 spiro atoms. The standard InChI is InChI=1S/C16H19NO2/c18-15-10-11-16(19)17(15)14-8-6-13(7-9-14)12-4-2-1-3-5-12/h6-9,12H,1-5,10-11H2. The first-order chi connectivity index (χ1) is 9.25. The van der Waals surface area contributed by atoms with Gasteiger partial charge in [0.25, 0.3) is 0 Å². The predicted molar refractivity (Wildman–Crippen MR) is 74.0 cm³/mol. The van der Waals surface area contributed by atoms with Gasteiger partial charge in [0.15, 0.2) is 0 Å². The van der Waals surface area contributed by atoms with Gasteiger partial charge in [-0.15, -0.1) is 0 Å². The van der Waals surface area contributed by atoms with Crippen LogP contribution in [0.5, 0.6) is 0 Å². The molecular formula is C16H19NO2. The first-order valence-electron chi connectivity index (χ1n) is 7.21. The monoisotopic (exact) mass is 257 g/mol. The van der Waals surface area contributed by atoms with E-state index in [-0.39, 0.29) is 11.8 Å². The third kappa shape index (κ3) is 2.42. The molecule has 2 fully saturated rings. The molecular weight excluding hydrogens is 238 g/mol. The Bertz CT molecular complexity index is 470. The molecule has 0 aromatic heterocycles. The van der Waals surface area contributed by atoms with E-state index in [1.54, 1.807) is 0 Å². The Morgan fingerprint density at radius 1 is 0.842 bits per heavy atom. The second-order valence-electron chi connectivity index (χ2n) is 5.55. The highest BCUT2D eigenvalue weighted by molar-refractivity contribution is 6.19. The Morgan fingerprint density at radius 3 is 2.00 bits per heavy atom. The summed E-state index contributed by atoms with van der Waals surface area (Å²) < 4.78 is 0. The lowest BCUT2D eigenvalue weighted by molar-refractivity contribution is -0.121. The topological polar surface area (TPSA) is 37.4 Å². The number of carbonyl (C=O) groups excluding carboxylic acids is 2. The minimum absolute atomic E-state index is 0.0737. The molecule has 1 aromatic rings. The minimum Gasteiger partial charge on any atom is -0.274 e. The third-order valence-corrected chi connectivity index (χ3v) is 4.28. The van der Waals surface area contributed by atoms with Crippen LogP contribution in [-0.4, -0.2) is 11.8 Å². The highest BCUT2D eigenvalue weighted by Gasteiger charge is 2.30. The van der Waals surface area contributed by atoms with Gasteiger partial charge in [-0.3, -0.25) is 14.5 Å². The van der Waals surface area contributed by atoms with Crippen LogP contribution in [0.1, 0.15) is 56.4 Å². The van der Waals surface area contributed by atoms with Gasteiger partial charge >= 0.3 is 0 Å². The van der Waals surface area contributed by atoms with Crippen LogP contribution in [0.15, 0.2) is 24.3 Å². The molecule has 0 radical (unpaired) electrons. The number of amides is 2. The van der Waals surface area contributed by atoms with Gasteiger partial charge in [-0.25, -0.2) is 0 Å². The summed E-state index contributed by atoms with van der Waals surface area (Å²) in [5.74, 6) is 0.513. The quantitative estimate of drug-likeness (QED) is 0.762. The van der Waals surface area contributed by atoms with Gasteiger partial charge in [0, 0.05) is 12.8 Å². The van der Waals surface area contributed by atoms with Crippen molar-refractivity contribution in [2.75, 3.05) is 4.90 Å². The SMILES string of the molecule is O=C1CCC(=O)N1c1ccc(C2CCCCC2)cc1. The third-order valence-electron chi connectivity index (χ3n) is 4.28. The summed E-state index contributed by atoms with van der Waals surface area (Å²) in [7, 11) is 0. The molecule has 2 amide bonds. The summed E-state index contributed by atoms with van der Waals surface area (Å²) in [6, 6.07) is 8.02. The zero-order valence-corrected chi connectivity index (χ0v) is 11.1. The molecule has 100 valence electrons. The van der Waals surface area contributed by atoms with Crippen LogP contribution in [0, 0.1) is 0 Å². The van der Waals surface area contributed by atoms with Crippen molar-refractivity contribution in [3.05, 3.63) is 29.8 Å². The van der Waals surface area contributed by atoms with Crippen molar-refractivity contribution in [1.29, 1.82) is 0 Å². The normalized spacial score (nSPS) is 21.2. The lowest BCUT2D eigenvalue weighted by Crippen LogP contribution is -2.28. The number of carbonyl (C=O) groups is 2. The summed E-state index contributed by atoms with van der Waals surface area (Å²) in [6.07, 6.45) is 7.21. The average Bonchev–Trinajstić information content (AvgIpc) is 2.79. The van der Waals surface area contributed by atoms with Gasteiger partial charge in [0.05, 0.1) is 5.69 Å². The zero-order chi connectivity index (χ0) is 13.2. The molecule has 3 nitrogen and oxygen atoms in total.